The maximum absolute atomic E-state index is 12.4. The molecule has 2 aromatic heterocycles. The third-order valence-electron chi connectivity index (χ3n) is 3.08. The first-order valence-electron chi connectivity index (χ1n) is 7.10. The second kappa shape index (κ2) is 7.56. The van der Waals surface area contributed by atoms with E-state index >= 15 is 0 Å². The molecule has 23 heavy (non-hydrogen) atoms. The lowest BCUT2D eigenvalue weighted by Gasteiger charge is -2.19. The summed E-state index contributed by atoms with van der Waals surface area (Å²) in [5.41, 5.74) is 0.310. The molecule has 0 aliphatic heterocycles. The van der Waals surface area contributed by atoms with E-state index in [0.29, 0.717) is 22.7 Å². The number of aromatic nitrogens is 2. The largest absolute Gasteiger partial charge is 0.339 e. The highest BCUT2D eigenvalue weighted by atomic mass is 32.1. The summed E-state index contributed by atoms with van der Waals surface area (Å²) in [6.07, 6.45) is 2.01. The van der Waals surface area contributed by atoms with Gasteiger partial charge in [0.15, 0.2) is 0 Å². The van der Waals surface area contributed by atoms with Crippen molar-refractivity contribution in [3.05, 3.63) is 34.2 Å². The SMILES string of the molecule is CC(C)CC(NC(=O)c1sccc1C#N)C(=O)Nc1ccn[nH]1. The fourth-order valence-electron chi connectivity index (χ4n) is 2.05. The average Bonchev–Trinajstić information content (AvgIpc) is 3.16. The summed E-state index contributed by atoms with van der Waals surface area (Å²) in [6, 6.07) is 4.49. The van der Waals surface area contributed by atoms with Gasteiger partial charge >= 0.3 is 0 Å². The molecule has 0 saturated carbocycles. The molecule has 0 spiro atoms. The average molecular weight is 331 g/mol. The van der Waals surface area contributed by atoms with E-state index < -0.39 is 11.9 Å². The van der Waals surface area contributed by atoms with Crippen molar-refractivity contribution >= 4 is 29.0 Å². The number of thiophene rings is 1. The van der Waals surface area contributed by atoms with Gasteiger partial charge in [0.1, 0.15) is 22.8 Å². The second-order valence-electron chi connectivity index (χ2n) is 5.39. The second-order valence-corrected chi connectivity index (χ2v) is 6.31. The van der Waals surface area contributed by atoms with Crippen molar-refractivity contribution < 1.29 is 9.59 Å². The molecule has 7 nitrogen and oxygen atoms in total. The van der Waals surface area contributed by atoms with Crippen LogP contribution in [0.15, 0.2) is 23.7 Å². The zero-order valence-electron chi connectivity index (χ0n) is 12.8. The van der Waals surface area contributed by atoms with Crippen LogP contribution in [-0.2, 0) is 4.79 Å². The lowest BCUT2D eigenvalue weighted by molar-refractivity contribution is -0.118. The van der Waals surface area contributed by atoms with Crippen LogP contribution in [-0.4, -0.2) is 28.1 Å². The number of hydrogen-bond acceptors (Lipinski definition) is 5. The molecule has 8 heteroatoms. The van der Waals surface area contributed by atoms with E-state index in [0.717, 1.165) is 0 Å². The van der Waals surface area contributed by atoms with Gasteiger partial charge in [-0.3, -0.25) is 14.7 Å². The summed E-state index contributed by atoms with van der Waals surface area (Å²) in [4.78, 5) is 25.0. The Bertz CT molecular complexity index is 715. The summed E-state index contributed by atoms with van der Waals surface area (Å²) in [6.45, 7) is 3.93. The molecule has 1 unspecified atom stereocenters. The van der Waals surface area contributed by atoms with Crippen LogP contribution in [0.5, 0.6) is 0 Å². The van der Waals surface area contributed by atoms with Gasteiger partial charge in [-0.25, -0.2) is 0 Å². The molecule has 1 atom stereocenters. The number of anilines is 1. The minimum atomic E-state index is -0.695. The van der Waals surface area contributed by atoms with Crippen molar-refractivity contribution in [1.82, 2.24) is 15.5 Å². The van der Waals surface area contributed by atoms with E-state index in [9.17, 15) is 9.59 Å². The molecule has 3 N–H and O–H groups in total. The Hall–Kier alpha value is -2.66. The number of nitrogens with one attached hydrogen (secondary N) is 3. The number of carbonyl (C=O) groups is 2. The first-order chi connectivity index (χ1) is 11.0. The van der Waals surface area contributed by atoms with Crippen LogP contribution in [0, 0.1) is 17.2 Å². The van der Waals surface area contributed by atoms with Crippen molar-refractivity contribution in [2.45, 2.75) is 26.3 Å². The number of H-pyrrole nitrogens is 1. The third kappa shape index (κ3) is 4.40. The normalized spacial score (nSPS) is 11.7. The van der Waals surface area contributed by atoms with Crippen molar-refractivity contribution in [2.24, 2.45) is 5.92 Å². The van der Waals surface area contributed by atoms with Crippen molar-refractivity contribution in [1.29, 1.82) is 5.26 Å². The molecular weight excluding hydrogens is 314 g/mol. The first kappa shape index (κ1) is 16.7. The van der Waals surface area contributed by atoms with Crippen molar-refractivity contribution in [3.63, 3.8) is 0 Å². The number of rotatable bonds is 6. The standard InChI is InChI=1S/C15H17N5O2S/c1-9(2)7-11(14(21)19-12-3-5-17-20-12)18-15(22)13-10(8-16)4-6-23-13/h3-6,9,11H,7H2,1-2H3,(H,18,22)(H2,17,19,20,21). The Morgan fingerprint density at radius 3 is 2.83 bits per heavy atom. The van der Waals surface area contributed by atoms with Crippen molar-refractivity contribution in [3.8, 4) is 6.07 Å². The molecule has 2 heterocycles. The Balaban J connectivity index is 2.10. The highest BCUT2D eigenvalue weighted by molar-refractivity contribution is 7.12. The smallest absolute Gasteiger partial charge is 0.263 e. The number of nitrogens with zero attached hydrogens (tertiary/aromatic N) is 2. The van der Waals surface area contributed by atoms with Crippen LogP contribution in [0.4, 0.5) is 5.82 Å². The summed E-state index contributed by atoms with van der Waals surface area (Å²) >= 11 is 1.18. The predicted octanol–water partition coefficient (Wildman–Crippen LogP) is 2.13. The molecule has 0 radical (unpaired) electrons. The van der Waals surface area contributed by atoms with Crippen molar-refractivity contribution in [2.75, 3.05) is 5.32 Å². The van der Waals surface area contributed by atoms with E-state index in [4.69, 9.17) is 5.26 Å². The molecule has 120 valence electrons. The molecule has 2 rings (SSSR count). The van der Waals surface area contributed by atoms with Crippen LogP contribution in [0.1, 0.15) is 35.5 Å². The molecule has 0 saturated heterocycles. The molecule has 0 aliphatic carbocycles. The van der Waals surface area contributed by atoms with Gasteiger partial charge in [-0.15, -0.1) is 11.3 Å². The lowest BCUT2D eigenvalue weighted by Crippen LogP contribution is -2.44. The molecule has 0 aliphatic rings. The number of hydrogen-bond donors (Lipinski definition) is 3. The quantitative estimate of drug-likeness (QED) is 0.753. The van der Waals surface area contributed by atoms with E-state index in [1.54, 1.807) is 17.5 Å². The van der Waals surface area contributed by atoms with E-state index in [1.807, 2.05) is 19.9 Å². The fraction of sp³-hybridized carbons (Fsp3) is 0.333. The minimum absolute atomic E-state index is 0.214. The zero-order valence-corrected chi connectivity index (χ0v) is 13.6. The van der Waals surface area contributed by atoms with Crippen LogP contribution in [0.25, 0.3) is 0 Å². The predicted molar refractivity (Wildman–Crippen MR) is 87.0 cm³/mol. The highest BCUT2D eigenvalue weighted by Gasteiger charge is 2.24. The summed E-state index contributed by atoms with van der Waals surface area (Å²) in [5, 5.41) is 22.5. The first-order valence-corrected chi connectivity index (χ1v) is 7.98. The molecule has 0 fully saturated rings. The van der Waals surface area contributed by atoms with E-state index in [1.165, 1.54) is 17.5 Å². The Labute approximate surface area is 137 Å². The van der Waals surface area contributed by atoms with Gasteiger partial charge in [0.25, 0.3) is 5.91 Å². The van der Waals surface area contributed by atoms with Gasteiger partial charge in [0.05, 0.1) is 11.8 Å². The highest BCUT2D eigenvalue weighted by Crippen LogP contribution is 2.17. The van der Waals surface area contributed by atoms with Crippen LogP contribution >= 0.6 is 11.3 Å². The molecule has 2 aromatic rings. The van der Waals surface area contributed by atoms with Gasteiger partial charge < -0.3 is 10.6 Å². The van der Waals surface area contributed by atoms with E-state index in [2.05, 4.69) is 20.8 Å². The monoisotopic (exact) mass is 331 g/mol. The summed E-state index contributed by atoms with van der Waals surface area (Å²) in [5.74, 6) is -0.0632. The van der Waals surface area contributed by atoms with Crippen LogP contribution in [0.2, 0.25) is 0 Å². The van der Waals surface area contributed by atoms with Crippen LogP contribution in [0.3, 0.4) is 0 Å². The third-order valence-corrected chi connectivity index (χ3v) is 3.99. The number of nitriles is 1. The van der Waals surface area contributed by atoms with Gasteiger partial charge in [-0.2, -0.15) is 10.4 Å². The Kier molecular flexibility index (Phi) is 5.49. The fourth-order valence-corrected chi connectivity index (χ4v) is 2.79. The number of aromatic amines is 1. The minimum Gasteiger partial charge on any atom is -0.339 e. The Morgan fingerprint density at radius 2 is 2.22 bits per heavy atom. The maximum Gasteiger partial charge on any atom is 0.263 e. The summed E-state index contributed by atoms with van der Waals surface area (Å²) in [7, 11) is 0. The number of carbonyl (C=O) groups excluding carboxylic acids is 2. The van der Waals surface area contributed by atoms with Gasteiger partial charge in [-0.05, 0) is 23.8 Å². The molecule has 2 amide bonds. The molecular formula is C15H17N5O2S. The van der Waals surface area contributed by atoms with Crippen LogP contribution < -0.4 is 10.6 Å². The topological polar surface area (TPSA) is 111 Å². The van der Waals surface area contributed by atoms with Gasteiger partial charge in [-0.1, -0.05) is 13.8 Å². The van der Waals surface area contributed by atoms with Gasteiger partial charge in [0.2, 0.25) is 5.91 Å². The zero-order chi connectivity index (χ0) is 16.8. The number of amides is 2. The van der Waals surface area contributed by atoms with Gasteiger partial charge in [0, 0.05) is 6.07 Å². The molecule has 0 bridgehead atoms. The summed E-state index contributed by atoms with van der Waals surface area (Å²) < 4.78 is 0. The van der Waals surface area contributed by atoms with E-state index in [-0.39, 0.29) is 11.8 Å². The lowest BCUT2D eigenvalue weighted by atomic mass is 10.0. The maximum atomic E-state index is 12.4. The Morgan fingerprint density at radius 1 is 1.43 bits per heavy atom. The molecule has 0 aromatic carbocycles.